The van der Waals surface area contributed by atoms with Gasteiger partial charge in [0.05, 0.1) is 5.92 Å². The van der Waals surface area contributed by atoms with Gasteiger partial charge in [-0.25, -0.2) is 0 Å². The summed E-state index contributed by atoms with van der Waals surface area (Å²) in [6.45, 7) is 2.27. The number of unbranched alkanes of at least 4 members (excludes halogenated alkanes) is 7. The van der Waals surface area contributed by atoms with Gasteiger partial charge in [0.15, 0.2) is 0 Å². The quantitative estimate of drug-likeness (QED) is 0.421. The molecule has 1 unspecified atom stereocenters. The topological polar surface area (TPSA) is 60.2 Å². The van der Waals surface area contributed by atoms with E-state index in [-0.39, 0.29) is 5.78 Å². The van der Waals surface area contributed by atoms with Crippen molar-refractivity contribution in [3.8, 4) is 0 Å². The molecule has 0 rings (SSSR count). The zero-order chi connectivity index (χ0) is 12.9. The first kappa shape index (κ1) is 16.3. The zero-order valence-corrected chi connectivity index (χ0v) is 11.0. The third-order valence-corrected chi connectivity index (χ3v) is 3.08. The van der Waals surface area contributed by atoms with Crippen molar-refractivity contribution < 1.29 is 9.59 Å². The summed E-state index contributed by atoms with van der Waals surface area (Å²) in [5.41, 5.74) is 5.42. The normalized spacial score (nSPS) is 12.4. The van der Waals surface area contributed by atoms with Gasteiger partial charge in [-0.05, 0) is 26.3 Å². The first-order chi connectivity index (χ1) is 8.22. The van der Waals surface area contributed by atoms with Crippen LogP contribution in [0.15, 0.2) is 0 Å². The first-order valence-electron chi connectivity index (χ1n) is 6.80. The van der Waals surface area contributed by atoms with Gasteiger partial charge < -0.3 is 5.73 Å². The van der Waals surface area contributed by atoms with Crippen molar-refractivity contribution in [3.63, 3.8) is 0 Å². The highest BCUT2D eigenvalue weighted by Crippen LogP contribution is 2.12. The van der Waals surface area contributed by atoms with E-state index >= 15 is 0 Å². The molecular weight excluding hydrogens is 214 g/mol. The van der Waals surface area contributed by atoms with Gasteiger partial charge in [0.25, 0.3) is 0 Å². The van der Waals surface area contributed by atoms with Crippen LogP contribution in [0.25, 0.3) is 0 Å². The number of carbonyl (C=O) groups is 1. The third-order valence-electron chi connectivity index (χ3n) is 3.08. The smallest absolute Gasteiger partial charge is 0.209 e. The minimum atomic E-state index is -0.487. The van der Waals surface area contributed by atoms with Crippen LogP contribution in [0.4, 0.5) is 0 Å². The lowest BCUT2D eigenvalue weighted by molar-refractivity contribution is -0.119. The van der Waals surface area contributed by atoms with Gasteiger partial charge >= 0.3 is 0 Å². The Balaban J connectivity index is 3.23. The molecule has 0 heterocycles. The Morgan fingerprint density at radius 1 is 1.00 bits per heavy atom. The van der Waals surface area contributed by atoms with E-state index in [2.05, 4.69) is 0 Å². The SMILES string of the molecule is CC(=O)C([C]=O)CCCCCCCCCCN. The highest BCUT2D eigenvalue weighted by molar-refractivity contribution is 5.91. The van der Waals surface area contributed by atoms with E-state index in [4.69, 9.17) is 5.73 Å². The summed E-state index contributed by atoms with van der Waals surface area (Å²) in [7, 11) is 0. The van der Waals surface area contributed by atoms with Gasteiger partial charge in [0, 0.05) is 0 Å². The van der Waals surface area contributed by atoms with Crippen molar-refractivity contribution in [3.05, 3.63) is 0 Å². The molecule has 0 aliphatic carbocycles. The molecule has 3 nitrogen and oxygen atoms in total. The van der Waals surface area contributed by atoms with E-state index in [9.17, 15) is 9.59 Å². The molecule has 99 valence electrons. The first-order valence-corrected chi connectivity index (χ1v) is 6.80. The molecule has 0 aliphatic rings. The summed E-state index contributed by atoms with van der Waals surface area (Å²) in [6.07, 6.45) is 11.9. The number of rotatable bonds is 12. The Hall–Kier alpha value is -0.700. The zero-order valence-electron chi connectivity index (χ0n) is 11.0. The maximum atomic E-state index is 11.0. The van der Waals surface area contributed by atoms with Gasteiger partial charge in [-0.3, -0.25) is 9.59 Å². The maximum Gasteiger partial charge on any atom is 0.209 e. The fraction of sp³-hybridized carbons (Fsp3) is 0.857. The average molecular weight is 240 g/mol. The lowest BCUT2D eigenvalue weighted by Crippen LogP contribution is -2.11. The van der Waals surface area contributed by atoms with Gasteiger partial charge in [0.1, 0.15) is 5.78 Å². The summed E-state index contributed by atoms with van der Waals surface area (Å²) in [4.78, 5) is 21.4. The van der Waals surface area contributed by atoms with Crippen molar-refractivity contribution in [2.45, 2.75) is 64.7 Å². The Bertz CT molecular complexity index is 204. The van der Waals surface area contributed by atoms with Crippen LogP contribution in [0.2, 0.25) is 0 Å². The van der Waals surface area contributed by atoms with Crippen LogP contribution in [-0.4, -0.2) is 18.6 Å². The molecule has 0 saturated carbocycles. The summed E-state index contributed by atoms with van der Waals surface area (Å²) < 4.78 is 0. The largest absolute Gasteiger partial charge is 0.330 e. The van der Waals surface area contributed by atoms with Crippen molar-refractivity contribution in [2.75, 3.05) is 6.54 Å². The van der Waals surface area contributed by atoms with Crippen LogP contribution < -0.4 is 5.73 Å². The van der Waals surface area contributed by atoms with Crippen molar-refractivity contribution in [2.24, 2.45) is 11.7 Å². The number of ketones is 1. The lowest BCUT2D eigenvalue weighted by Gasteiger charge is -2.05. The Morgan fingerprint density at radius 2 is 1.47 bits per heavy atom. The molecule has 0 aromatic carbocycles. The molecule has 3 heteroatoms. The number of nitrogens with two attached hydrogens (primary N) is 1. The van der Waals surface area contributed by atoms with Gasteiger partial charge in [0.2, 0.25) is 6.29 Å². The molecule has 1 atom stereocenters. The molecule has 0 amide bonds. The van der Waals surface area contributed by atoms with E-state index in [1.807, 2.05) is 6.29 Å². The minimum Gasteiger partial charge on any atom is -0.330 e. The van der Waals surface area contributed by atoms with E-state index in [1.165, 1.54) is 39.0 Å². The Morgan fingerprint density at radius 3 is 1.88 bits per heavy atom. The molecule has 0 saturated heterocycles. The predicted octanol–water partition coefficient (Wildman–Crippen LogP) is 2.77. The predicted molar refractivity (Wildman–Crippen MR) is 70.5 cm³/mol. The molecule has 2 N–H and O–H groups in total. The minimum absolute atomic E-state index is 0.0539. The molecule has 17 heavy (non-hydrogen) atoms. The van der Waals surface area contributed by atoms with Crippen LogP contribution >= 0.6 is 0 Å². The second-order valence-corrected chi connectivity index (χ2v) is 4.69. The molecular formula is C14H26NO2. The van der Waals surface area contributed by atoms with E-state index < -0.39 is 5.92 Å². The number of carbonyl (C=O) groups excluding carboxylic acids is 2. The molecule has 0 fully saturated rings. The van der Waals surface area contributed by atoms with Crippen LogP contribution in [0.3, 0.4) is 0 Å². The summed E-state index contributed by atoms with van der Waals surface area (Å²) in [6, 6.07) is 0. The van der Waals surface area contributed by atoms with Gasteiger partial charge in [-0.1, -0.05) is 44.9 Å². The average Bonchev–Trinajstić information content (AvgIpc) is 2.31. The Labute approximate surface area is 105 Å². The Kier molecular flexibility index (Phi) is 11.3. The third kappa shape index (κ3) is 10.2. The standard InChI is InChI=1S/C14H26NO2/c1-13(17)14(12-16)10-8-6-4-2-3-5-7-9-11-15/h14H,2-11,15H2,1H3. The van der Waals surface area contributed by atoms with Crippen LogP contribution in [0.5, 0.6) is 0 Å². The van der Waals surface area contributed by atoms with E-state index in [0.717, 1.165) is 25.8 Å². The number of Topliss-reactive ketones (excluding diaryl/α,β-unsaturated/α-hetero) is 1. The fourth-order valence-corrected chi connectivity index (χ4v) is 1.90. The van der Waals surface area contributed by atoms with E-state index in [1.54, 1.807) is 0 Å². The van der Waals surface area contributed by atoms with Crippen LogP contribution in [0.1, 0.15) is 64.7 Å². The molecule has 1 radical (unpaired) electrons. The lowest BCUT2D eigenvalue weighted by atomic mass is 9.98. The summed E-state index contributed by atoms with van der Waals surface area (Å²) >= 11 is 0. The molecule has 0 bridgehead atoms. The van der Waals surface area contributed by atoms with Crippen molar-refractivity contribution >= 4 is 12.1 Å². The van der Waals surface area contributed by atoms with E-state index in [0.29, 0.717) is 6.42 Å². The van der Waals surface area contributed by atoms with Gasteiger partial charge in [-0.15, -0.1) is 0 Å². The van der Waals surface area contributed by atoms with Crippen molar-refractivity contribution in [1.82, 2.24) is 0 Å². The summed E-state index contributed by atoms with van der Waals surface area (Å²) in [5.74, 6) is -0.540. The maximum absolute atomic E-state index is 11.0. The highest BCUT2D eigenvalue weighted by atomic mass is 16.1. The van der Waals surface area contributed by atoms with Gasteiger partial charge in [-0.2, -0.15) is 0 Å². The number of hydrogen-bond acceptors (Lipinski definition) is 3. The molecule has 0 spiro atoms. The second kappa shape index (κ2) is 11.8. The van der Waals surface area contributed by atoms with Crippen LogP contribution in [-0.2, 0) is 9.59 Å². The molecule has 0 aromatic rings. The second-order valence-electron chi connectivity index (χ2n) is 4.69. The monoisotopic (exact) mass is 240 g/mol. The highest BCUT2D eigenvalue weighted by Gasteiger charge is 2.12. The molecule has 0 aliphatic heterocycles. The summed E-state index contributed by atoms with van der Waals surface area (Å²) in [5, 5.41) is 0. The van der Waals surface area contributed by atoms with Crippen LogP contribution in [0, 0.1) is 5.92 Å². The molecule has 0 aromatic heterocycles. The number of hydrogen-bond donors (Lipinski definition) is 1. The fourth-order valence-electron chi connectivity index (χ4n) is 1.90. The van der Waals surface area contributed by atoms with Crippen molar-refractivity contribution in [1.29, 1.82) is 0 Å².